The zero-order valence-corrected chi connectivity index (χ0v) is 29.5. The highest BCUT2D eigenvalue weighted by atomic mass is 16.3. The maximum Gasteiger partial charge on any atom is 0.230 e. The molecule has 7 aromatic carbocycles. The zero-order valence-electron chi connectivity index (χ0n) is 29.5. The molecule has 0 radical (unpaired) electrons. The van der Waals surface area contributed by atoms with E-state index in [1.807, 2.05) is 48.5 Å². The molecule has 0 amide bonds. The number of aromatic nitrogens is 5. The molecule has 0 aliphatic carbocycles. The van der Waals surface area contributed by atoms with Crippen molar-refractivity contribution < 1.29 is 4.42 Å². The molecular formula is C49H31N5O. The van der Waals surface area contributed by atoms with Gasteiger partial charge in [0.05, 0.1) is 17.0 Å². The predicted molar refractivity (Wildman–Crippen MR) is 221 cm³/mol. The van der Waals surface area contributed by atoms with Crippen molar-refractivity contribution in [3.8, 4) is 78.7 Å². The van der Waals surface area contributed by atoms with Gasteiger partial charge in [-0.2, -0.15) is 0 Å². The van der Waals surface area contributed by atoms with Crippen LogP contribution in [-0.2, 0) is 0 Å². The van der Waals surface area contributed by atoms with Crippen LogP contribution in [0, 0.1) is 0 Å². The first-order chi connectivity index (χ1) is 27.3. The van der Waals surface area contributed by atoms with Crippen molar-refractivity contribution in [3.05, 3.63) is 189 Å². The molecule has 10 rings (SSSR count). The summed E-state index contributed by atoms with van der Waals surface area (Å²) < 4.78 is 6.46. The molecule has 6 heteroatoms. The van der Waals surface area contributed by atoms with Crippen molar-refractivity contribution in [2.45, 2.75) is 0 Å². The van der Waals surface area contributed by atoms with Crippen LogP contribution in [0.2, 0.25) is 0 Å². The van der Waals surface area contributed by atoms with E-state index < -0.39 is 0 Å². The molecule has 6 nitrogen and oxygen atoms in total. The van der Waals surface area contributed by atoms with E-state index in [2.05, 4.69) is 131 Å². The van der Waals surface area contributed by atoms with Crippen LogP contribution >= 0.6 is 0 Å². The van der Waals surface area contributed by atoms with Gasteiger partial charge in [-0.25, -0.2) is 24.9 Å². The Labute approximate surface area is 317 Å². The van der Waals surface area contributed by atoms with E-state index >= 15 is 0 Å². The van der Waals surface area contributed by atoms with Gasteiger partial charge < -0.3 is 4.42 Å². The minimum Gasteiger partial charge on any atom is -0.435 e. The largest absolute Gasteiger partial charge is 0.435 e. The number of fused-ring (bicyclic) bond motifs is 2. The zero-order chi connectivity index (χ0) is 36.6. The van der Waals surface area contributed by atoms with Gasteiger partial charge in [-0.1, -0.05) is 152 Å². The van der Waals surface area contributed by atoms with E-state index in [0.717, 1.165) is 83.3 Å². The number of benzene rings is 7. The second-order valence-corrected chi connectivity index (χ2v) is 13.3. The minimum atomic E-state index is 0.485. The van der Waals surface area contributed by atoms with Gasteiger partial charge in [0.2, 0.25) is 5.89 Å². The van der Waals surface area contributed by atoms with Gasteiger partial charge in [0.25, 0.3) is 0 Å². The minimum absolute atomic E-state index is 0.485. The Balaban J connectivity index is 1.16. The van der Waals surface area contributed by atoms with Crippen LogP contribution in [0.1, 0.15) is 0 Å². The lowest BCUT2D eigenvalue weighted by Gasteiger charge is -2.18. The summed E-state index contributed by atoms with van der Waals surface area (Å²) >= 11 is 0. The first-order valence-corrected chi connectivity index (χ1v) is 18.1. The van der Waals surface area contributed by atoms with E-state index in [0.29, 0.717) is 17.3 Å². The first-order valence-electron chi connectivity index (χ1n) is 18.1. The highest BCUT2D eigenvalue weighted by molar-refractivity contribution is 6.07. The van der Waals surface area contributed by atoms with E-state index in [1.165, 1.54) is 6.33 Å². The van der Waals surface area contributed by atoms with E-state index in [1.54, 1.807) is 12.4 Å². The quantitative estimate of drug-likeness (QED) is 0.164. The molecule has 0 bridgehead atoms. The van der Waals surface area contributed by atoms with Crippen LogP contribution in [0.5, 0.6) is 0 Å². The van der Waals surface area contributed by atoms with Gasteiger partial charge in [0.1, 0.15) is 11.8 Å². The molecule has 0 spiro atoms. The van der Waals surface area contributed by atoms with Crippen molar-refractivity contribution in [2.75, 3.05) is 0 Å². The number of nitrogens with zero attached hydrogens (tertiary/aromatic N) is 5. The Morgan fingerprint density at radius 3 is 1.82 bits per heavy atom. The monoisotopic (exact) mass is 705 g/mol. The molecule has 0 atom stereocenters. The lowest BCUT2D eigenvalue weighted by atomic mass is 9.86. The molecule has 0 aliphatic rings. The van der Waals surface area contributed by atoms with Crippen LogP contribution in [0.25, 0.3) is 101 Å². The average Bonchev–Trinajstić information content (AvgIpc) is 3.72. The predicted octanol–water partition coefficient (Wildman–Crippen LogP) is 12.2. The SMILES string of the molecule is c1ccc(-c2cc(-c3cccc(-c4c(-c5ccccc5-c5cccc6nc(-c7cncnc7)oc56)ccc5ccccc45)c3)nc(-c3ccccc3)n2)cc1. The summed E-state index contributed by atoms with van der Waals surface area (Å²) in [5.41, 5.74) is 13.4. The standard InChI is InChI=1S/C49H31N5O/c1-3-14-33(15-4-1)44-28-45(53-48(52-44)34-16-5-2-6-17-34)35-18-11-19-36(27-35)46-38-20-8-7-13-32(38)25-26-41(46)39-21-9-10-22-40(39)42-23-12-24-43-47(42)55-49(54-43)37-29-50-31-51-30-37/h1-31H. The van der Waals surface area contributed by atoms with Crippen LogP contribution in [0.3, 0.4) is 0 Å². The Morgan fingerprint density at radius 1 is 0.400 bits per heavy atom. The van der Waals surface area contributed by atoms with Gasteiger partial charge in [-0.3, -0.25) is 0 Å². The Kier molecular flexibility index (Phi) is 8.04. The molecule has 0 N–H and O–H groups in total. The molecule has 0 aliphatic heterocycles. The molecule has 10 aromatic rings. The second kappa shape index (κ2) is 13.8. The van der Waals surface area contributed by atoms with Gasteiger partial charge >= 0.3 is 0 Å². The van der Waals surface area contributed by atoms with Crippen molar-refractivity contribution in [1.82, 2.24) is 24.9 Å². The van der Waals surface area contributed by atoms with E-state index in [9.17, 15) is 0 Å². The van der Waals surface area contributed by atoms with Crippen LogP contribution < -0.4 is 0 Å². The summed E-state index contributed by atoms with van der Waals surface area (Å²) in [6.07, 6.45) is 4.93. The maximum atomic E-state index is 6.46. The Hall–Kier alpha value is -7.57. The molecular weight excluding hydrogens is 675 g/mol. The summed E-state index contributed by atoms with van der Waals surface area (Å²) in [4.78, 5) is 23.3. The third kappa shape index (κ3) is 6.02. The molecule has 0 unspecified atom stereocenters. The normalized spacial score (nSPS) is 11.3. The lowest BCUT2D eigenvalue weighted by molar-refractivity contribution is 0.620. The number of rotatable bonds is 7. The first kappa shape index (κ1) is 32.1. The Morgan fingerprint density at radius 2 is 1.02 bits per heavy atom. The molecule has 0 saturated carbocycles. The Bertz CT molecular complexity index is 2920. The fourth-order valence-corrected chi connectivity index (χ4v) is 7.36. The van der Waals surface area contributed by atoms with Crippen LogP contribution in [-0.4, -0.2) is 24.9 Å². The fourth-order valence-electron chi connectivity index (χ4n) is 7.36. The molecule has 0 saturated heterocycles. The number of hydrogen-bond acceptors (Lipinski definition) is 6. The summed E-state index contributed by atoms with van der Waals surface area (Å²) in [7, 11) is 0. The molecule has 3 aromatic heterocycles. The fraction of sp³-hybridized carbons (Fsp3) is 0. The highest BCUT2D eigenvalue weighted by Gasteiger charge is 2.20. The van der Waals surface area contributed by atoms with Crippen molar-refractivity contribution in [2.24, 2.45) is 0 Å². The van der Waals surface area contributed by atoms with Crippen molar-refractivity contribution in [3.63, 3.8) is 0 Å². The van der Waals surface area contributed by atoms with E-state index in [4.69, 9.17) is 19.4 Å². The summed E-state index contributed by atoms with van der Waals surface area (Å²) in [5.74, 6) is 1.17. The van der Waals surface area contributed by atoms with Crippen molar-refractivity contribution in [1.29, 1.82) is 0 Å². The maximum absolute atomic E-state index is 6.46. The summed E-state index contributed by atoms with van der Waals surface area (Å²) in [6.45, 7) is 0. The van der Waals surface area contributed by atoms with Gasteiger partial charge in [0, 0.05) is 34.6 Å². The number of hydrogen-bond donors (Lipinski definition) is 0. The van der Waals surface area contributed by atoms with Gasteiger partial charge in [-0.15, -0.1) is 0 Å². The van der Waals surface area contributed by atoms with E-state index in [-0.39, 0.29) is 0 Å². The summed E-state index contributed by atoms with van der Waals surface area (Å²) in [6, 6.07) is 58.9. The summed E-state index contributed by atoms with van der Waals surface area (Å²) in [5, 5.41) is 2.32. The topological polar surface area (TPSA) is 77.6 Å². The van der Waals surface area contributed by atoms with Crippen LogP contribution in [0.4, 0.5) is 0 Å². The third-order valence-electron chi connectivity index (χ3n) is 9.93. The highest BCUT2D eigenvalue weighted by Crippen LogP contribution is 2.44. The third-order valence-corrected chi connectivity index (χ3v) is 9.93. The van der Waals surface area contributed by atoms with Gasteiger partial charge in [0.15, 0.2) is 11.4 Å². The van der Waals surface area contributed by atoms with Crippen molar-refractivity contribution >= 4 is 21.9 Å². The second-order valence-electron chi connectivity index (χ2n) is 13.3. The lowest BCUT2D eigenvalue weighted by Crippen LogP contribution is -1.96. The van der Waals surface area contributed by atoms with Gasteiger partial charge in [-0.05, 0) is 56.8 Å². The number of oxazole rings is 1. The molecule has 55 heavy (non-hydrogen) atoms. The molecule has 258 valence electrons. The van der Waals surface area contributed by atoms with Crippen LogP contribution in [0.15, 0.2) is 193 Å². The average molecular weight is 706 g/mol. The smallest absolute Gasteiger partial charge is 0.230 e. The molecule has 3 heterocycles. The molecule has 0 fully saturated rings. The number of para-hydroxylation sites is 1.